The maximum atomic E-state index is 12.5. The largest absolute Gasteiger partial charge is 0.497 e. The first kappa shape index (κ1) is 12.9. The van der Waals surface area contributed by atoms with Gasteiger partial charge in [0.15, 0.2) is 5.78 Å². The molecule has 20 heavy (non-hydrogen) atoms. The van der Waals surface area contributed by atoms with Crippen molar-refractivity contribution < 1.29 is 9.53 Å². The number of benzene rings is 2. The summed E-state index contributed by atoms with van der Waals surface area (Å²) in [6, 6.07) is 16.0. The topological polar surface area (TPSA) is 26.3 Å². The normalized spacial score (nSPS) is 17.6. The van der Waals surface area contributed by atoms with Crippen LogP contribution in [0.1, 0.15) is 27.9 Å². The van der Waals surface area contributed by atoms with E-state index in [-0.39, 0.29) is 5.92 Å². The van der Waals surface area contributed by atoms with Gasteiger partial charge in [0, 0.05) is 11.5 Å². The first-order valence-corrected chi connectivity index (χ1v) is 7.03. The van der Waals surface area contributed by atoms with Crippen LogP contribution in [0.3, 0.4) is 0 Å². The van der Waals surface area contributed by atoms with Crippen LogP contribution in [0.5, 0.6) is 5.75 Å². The maximum Gasteiger partial charge on any atom is 0.166 e. The molecule has 2 heteroatoms. The van der Waals surface area contributed by atoms with E-state index in [0.29, 0.717) is 5.78 Å². The number of methoxy groups -OCH3 is 1. The van der Waals surface area contributed by atoms with E-state index < -0.39 is 0 Å². The van der Waals surface area contributed by atoms with E-state index in [1.54, 1.807) is 7.11 Å². The van der Waals surface area contributed by atoms with Crippen LogP contribution in [-0.2, 0) is 12.8 Å². The lowest BCUT2D eigenvalue weighted by molar-refractivity contribution is 0.0901. The summed E-state index contributed by atoms with van der Waals surface area (Å²) >= 11 is 0. The molecule has 0 fully saturated rings. The molecule has 0 saturated heterocycles. The van der Waals surface area contributed by atoms with Crippen LogP contribution in [0.15, 0.2) is 48.5 Å². The second kappa shape index (κ2) is 5.49. The Morgan fingerprint density at radius 1 is 1.10 bits per heavy atom. The molecule has 2 nitrogen and oxygen atoms in total. The zero-order chi connectivity index (χ0) is 13.9. The number of fused-ring (bicyclic) bond motifs is 1. The Labute approximate surface area is 119 Å². The summed E-state index contributed by atoms with van der Waals surface area (Å²) in [4.78, 5) is 12.5. The lowest BCUT2D eigenvalue weighted by Gasteiger charge is -2.23. The van der Waals surface area contributed by atoms with E-state index in [2.05, 4.69) is 6.07 Å². The van der Waals surface area contributed by atoms with E-state index in [4.69, 9.17) is 4.74 Å². The van der Waals surface area contributed by atoms with Crippen molar-refractivity contribution in [1.29, 1.82) is 0 Å². The van der Waals surface area contributed by atoms with Crippen molar-refractivity contribution in [2.75, 3.05) is 7.11 Å². The number of carbonyl (C=O) groups excluding carboxylic acids is 1. The molecule has 0 spiro atoms. The zero-order valence-electron chi connectivity index (χ0n) is 11.6. The van der Waals surface area contributed by atoms with Gasteiger partial charge in [0.05, 0.1) is 7.11 Å². The van der Waals surface area contributed by atoms with Crippen LogP contribution in [-0.4, -0.2) is 12.9 Å². The van der Waals surface area contributed by atoms with Gasteiger partial charge in [-0.05, 0) is 42.5 Å². The minimum atomic E-state index is 0.110. The number of hydrogen-bond acceptors (Lipinski definition) is 2. The summed E-state index contributed by atoms with van der Waals surface area (Å²) in [5.74, 6) is 1.26. The number of hydrogen-bond donors (Lipinski definition) is 0. The molecule has 1 aliphatic carbocycles. The summed E-state index contributed by atoms with van der Waals surface area (Å²) in [6.45, 7) is 0. The number of ketones is 1. The van der Waals surface area contributed by atoms with Gasteiger partial charge in [-0.25, -0.2) is 0 Å². The Hall–Kier alpha value is -2.09. The number of rotatable bonds is 3. The van der Waals surface area contributed by atoms with E-state index >= 15 is 0 Å². The molecular weight excluding hydrogens is 248 g/mol. The third-order valence-corrected chi connectivity index (χ3v) is 4.06. The van der Waals surface area contributed by atoms with Gasteiger partial charge in [-0.3, -0.25) is 4.79 Å². The van der Waals surface area contributed by atoms with Gasteiger partial charge in [0.2, 0.25) is 0 Å². The smallest absolute Gasteiger partial charge is 0.166 e. The highest BCUT2D eigenvalue weighted by atomic mass is 16.5. The third-order valence-electron chi connectivity index (χ3n) is 4.06. The van der Waals surface area contributed by atoms with Gasteiger partial charge in [-0.15, -0.1) is 0 Å². The van der Waals surface area contributed by atoms with Crippen molar-refractivity contribution >= 4 is 5.78 Å². The van der Waals surface area contributed by atoms with Crippen LogP contribution in [0.25, 0.3) is 0 Å². The molecule has 0 saturated carbocycles. The number of carbonyl (C=O) groups is 1. The highest BCUT2D eigenvalue weighted by molar-refractivity contribution is 6.00. The monoisotopic (exact) mass is 266 g/mol. The Balaban J connectivity index is 1.77. The molecule has 0 heterocycles. The predicted octanol–water partition coefficient (Wildman–Crippen LogP) is 3.68. The second-order valence-corrected chi connectivity index (χ2v) is 5.31. The molecule has 3 rings (SSSR count). The first-order valence-electron chi connectivity index (χ1n) is 7.03. The predicted molar refractivity (Wildman–Crippen MR) is 79.3 cm³/mol. The lowest BCUT2D eigenvalue weighted by Crippen LogP contribution is -2.24. The lowest BCUT2D eigenvalue weighted by atomic mass is 9.80. The molecule has 1 aliphatic rings. The SMILES string of the molecule is COc1ccc(C[C@H]2CCc3ccccc3C2=O)cc1. The van der Waals surface area contributed by atoms with E-state index in [0.717, 1.165) is 30.6 Å². The molecule has 102 valence electrons. The molecule has 0 unspecified atom stereocenters. The van der Waals surface area contributed by atoms with Crippen LogP contribution in [0.2, 0.25) is 0 Å². The average molecular weight is 266 g/mol. The van der Waals surface area contributed by atoms with Crippen LogP contribution < -0.4 is 4.74 Å². The summed E-state index contributed by atoms with van der Waals surface area (Å²) < 4.78 is 5.16. The van der Waals surface area contributed by atoms with Crippen molar-refractivity contribution in [3.63, 3.8) is 0 Å². The average Bonchev–Trinajstić information content (AvgIpc) is 2.51. The van der Waals surface area contributed by atoms with Crippen molar-refractivity contribution in [1.82, 2.24) is 0 Å². The highest BCUT2D eigenvalue weighted by Gasteiger charge is 2.26. The van der Waals surface area contributed by atoms with Crippen molar-refractivity contribution in [3.05, 3.63) is 65.2 Å². The fourth-order valence-electron chi connectivity index (χ4n) is 2.90. The minimum absolute atomic E-state index is 0.110. The van der Waals surface area contributed by atoms with Crippen molar-refractivity contribution in [3.8, 4) is 5.75 Å². The minimum Gasteiger partial charge on any atom is -0.497 e. The number of aryl methyl sites for hydroxylation is 1. The summed E-state index contributed by atoms with van der Waals surface area (Å²) in [5.41, 5.74) is 3.31. The van der Waals surface area contributed by atoms with Crippen molar-refractivity contribution in [2.45, 2.75) is 19.3 Å². The second-order valence-electron chi connectivity index (χ2n) is 5.31. The molecule has 1 atom stereocenters. The molecule has 0 amide bonds. The zero-order valence-corrected chi connectivity index (χ0v) is 11.6. The third kappa shape index (κ3) is 2.46. The molecule has 2 aromatic rings. The fraction of sp³-hybridized carbons (Fsp3) is 0.278. The summed E-state index contributed by atoms with van der Waals surface area (Å²) in [7, 11) is 1.66. The Kier molecular flexibility index (Phi) is 3.55. The molecule has 0 N–H and O–H groups in total. The van der Waals surface area contributed by atoms with E-state index in [1.165, 1.54) is 11.1 Å². The quantitative estimate of drug-likeness (QED) is 0.847. The summed E-state index contributed by atoms with van der Waals surface area (Å²) in [5, 5.41) is 0. The Morgan fingerprint density at radius 3 is 2.60 bits per heavy atom. The van der Waals surface area contributed by atoms with Gasteiger partial charge in [-0.2, -0.15) is 0 Å². The van der Waals surface area contributed by atoms with Gasteiger partial charge in [0.1, 0.15) is 5.75 Å². The van der Waals surface area contributed by atoms with Gasteiger partial charge >= 0.3 is 0 Å². The number of ether oxygens (including phenoxy) is 1. The molecule has 2 aromatic carbocycles. The molecule has 0 aliphatic heterocycles. The standard InChI is InChI=1S/C18H18O2/c1-20-16-10-6-13(7-11-16)12-15-9-8-14-4-2-3-5-17(14)18(15)19/h2-7,10-11,15H,8-9,12H2,1H3/t15-/m1/s1. The maximum absolute atomic E-state index is 12.5. The highest BCUT2D eigenvalue weighted by Crippen LogP contribution is 2.28. The van der Waals surface area contributed by atoms with Crippen LogP contribution in [0, 0.1) is 5.92 Å². The van der Waals surface area contributed by atoms with Crippen molar-refractivity contribution in [2.24, 2.45) is 5.92 Å². The van der Waals surface area contributed by atoms with Gasteiger partial charge in [-0.1, -0.05) is 36.4 Å². The molecular formula is C18H18O2. The van der Waals surface area contributed by atoms with Crippen LogP contribution >= 0.6 is 0 Å². The fourth-order valence-corrected chi connectivity index (χ4v) is 2.90. The Bertz CT molecular complexity index is 614. The molecule has 0 aromatic heterocycles. The first-order chi connectivity index (χ1) is 9.78. The van der Waals surface area contributed by atoms with Gasteiger partial charge < -0.3 is 4.74 Å². The Morgan fingerprint density at radius 2 is 1.85 bits per heavy atom. The van der Waals surface area contributed by atoms with E-state index in [1.807, 2.05) is 42.5 Å². The number of Topliss-reactive ketones (excluding diaryl/α,β-unsaturated/α-hetero) is 1. The molecule has 0 radical (unpaired) electrons. The van der Waals surface area contributed by atoms with Gasteiger partial charge in [0.25, 0.3) is 0 Å². The molecule has 0 bridgehead atoms. The summed E-state index contributed by atoms with van der Waals surface area (Å²) in [6.07, 6.45) is 2.77. The van der Waals surface area contributed by atoms with E-state index in [9.17, 15) is 4.79 Å². The van der Waals surface area contributed by atoms with Crippen LogP contribution in [0.4, 0.5) is 0 Å².